The first kappa shape index (κ1) is 13.2. The van der Waals surface area contributed by atoms with E-state index in [2.05, 4.69) is 0 Å². The molecule has 0 aromatic heterocycles. The standard InChI is InChI=1S/C5H3Cl2.C5H5.Zr/c6-4-2-1-3-5(4)7;1-2-4-5-3-1;/h1-3H;1-5H;/q-1;-5;. The van der Waals surface area contributed by atoms with E-state index in [4.69, 9.17) is 23.2 Å². The van der Waals surface area contributed by atoms with E-state index in [-0.39, 0.29) is 26.2 Å². The first-order valence-corrected chi connectivity index (χ1v) is 4.29. The van der Waals surface area contributed by atoms with Crippen molar-refractivity contribution in [2.45, 2.75) is 0 Å². The van der Waals surface area contributed by atoms with Crippen molar-refractivity contribution >= 4 is 23.2 Å². The molecule has 0 atom stereocenters. The smallest absolute Gasteiger partial charge is 0 e. The molecule has 2 aromatic carbocycles. The zero-order chi connectivity index (χ0) is 8.81. The maximum Gasteiger partial charge on any atom is 0 e. The fraction of sp³-hybridized carbons (Fsp3) is 0. The van der Waals surface area contributed by atoms with Crippen LogP contribution in [-0.4, -0.2) is 0 Å². The maximum atomic E-state index is 5.49. The van der Waals surface area contributed by atoms with Gasteiger partial charge in [0.1, 0.15) is 0 Å². The number of halogens is 2. The predicted octanol–water partition coefficient (Wildman–Crippen LogP) is 4.12. The van der Waals surface area contributed by atoms with Crippen molar-refractivity contribution in [2.24, 2.45) is 0 Å². The second-order valence-corrected chi connectivity index (χ2v) is 3.00. The van der Waals surface area contributed by atoms with E-state index in [0.29, 0.717) is 10.0 Å². The normalized spacial score (nSPS) is 8.15. The Morgan fingerprint density at radius 3 is 1.69 bits per heavy atom. The van der Waals surface area contributed by atoms with E-state index < -0.39 is 0 Å². The second kappa shape index (κ2) is 7.56. The van der Waals surface area contributed by atoms with Crippen molar-refractivity contribution in [3.63, 3.8) is 0 Å². The zero-order valence-corrected chi connectivity index (χ0v) is 10.8. The summed E-state index contributed by atoms with van der Waals surface area (Å²) in [6, 6.07) is 15.3. The van der Waals surface area contributed by atoms with Gasteiger partial charge in [-0.2, -0.15) is 23.7 Å². The summed E-state index contributed by atoms with van der Waals surface area (Å²) < 4.78 is 0. The van der Waals surface area contributed by atoms with Crippen molar-refractivity contribution in [3.8, 4) is 0 Å². The molecule has 0 spiro atoms. The summed E-state index contributed by atoms with van der Waals surface area (Å²) >= 11 is 11.0. The van der Waals surface area contributed by atoms with Gasteiger partial charge in [-0.25, -0.2) is 6.07 Å². The fourth-order valence-corrected chi connectivity index (χ4v) is 0.969. The largest absolute Gasteiger partial charge is 0.748 e. The summed E-state index contributed by atoms with van der Waals surface area (Å²) in [5, 5.41) is 1.25. The Bertz CT molecular complexity index is 265. The molecule has 3 heteroatoms. The summed E-state index contributed by atoms with van der Waals surface area (Å²) in [6.07, 6.45) is 0. The van der Waals surface area contributed by atoms with Crippen molar-refractivity contribution in [2.75, 3.05) is 0 Å². The van der Waals surface area contributed by atoms with Crippen LogP contribution in [0.3, 0.4) is 0 Å². The molecule has 13 heavy (non-hydrogen) atoms. The van der Waals surface area contributed by atoms with Gasteiger partial charge >= 0.3 is 0 Å². The molecule has 2 aromatic rings. The minimum atomic E-state index is 0. The van der Waals surface area contributed by atoms with Crippen LogP contribution in [0, 0.1) is 0 Å². The molecule has 0 saturated carbocycles. The summed E-state index contributed by atoms with van der Waals surface area (Å²) in [7, 11) is 0. The van der Waals surface area contributed by atoms with Crippen LogP contribution >= 0.6 is 23.2 Å². The fourth-order valence-electron chi connectivity index (χ4n) is 0.697. The Balaban J connectivity index is 0.000000215. The molecule has 0 N–H and O–H groups in total. The third-order valence-electron chi connectivity index (χ3n) is 1.27. The molecule has 0 amide bonds. The predicted molar refractivity (Wildman–Crippen MR) is 54.1 cm³/mol. The average molecular weight is 290 g/mol. The van der Waals surface area contributed by atoms with E-state index in [9.17, 15) is 0 Å². The minimum Gasteiger partial charge on any atom is -0.748 e. The monoisotopic (exact) mass is 288 g/mol. The molecule has 0 aliphatic carbocycles. The summed E-state index contributed by atoms with van der Waals surface area (Å²) in [4.78, 5) is 0. The van der Waals surface area contributed by atoms with Crippen LogP contribution in [0.25, 0.3) is 0 Å². The molecule has 0 unspecified atom stereocenters. The van der Waals surface area contributed by atoms with Crippen molar-refractivity contribution in [3.05, 3.63) is 58.6 Å². The van der Waals surface area contributed by atoms with Gasteiger partial charge in [-0.3, -0.25) is 0 Å². The first-order chi connectivity index (χ1) is 5.80. The van der Waals surface area contributed by atoms with E-state index in [1.807, 2.05) is 36.4 Å². The first-order valence-electron chi connectivity index (χ1n) is 3.54. The van der Waals surface area contributed by atoms with Gasteiger partial charge in [0, 0.05) is 26.2 Å². The molecular weight excluding hydrogens is 282 g/mol. The van der Waals surface area contributed by atoms with E-state index in [1.165, 1.54) is 0 Å². The average Bonchev–Trinajstić information content (AvgIpc) is 2.67. The topological polar surface area (TPSA) is 0 Å². The van der Waals surface area contributed by atoms with Crippen molar-refractivity contribution in [1.82, 2.24) is 0 Å². The minimum absolute atomic E-state index is 0. The van der Waals surface area contributed by atoms with Crippen LogP contribution in [0.2, 0.25) is 10.0 Å². The maximum absolute atomic E-state index is 5.49. The van der Waals surface area contributed by atoms with Crippen LogP contribution in [0.15, 0.2) is 48.5 Å². The molecule has 2 rings (SSSR count). The second-order valence-electron chi connectivity index (χ2n) is 2.18. The zero-order valence-electron chi connectivity index (χ0n) is 6.87. The third kappa shape index (κ3) is 5.46. The van der Waals surface area contributed by atoms with Crippen LogP contribution in [-0.2, 0) is 26.2 Å². The number of rotatable bonds is 0. The quantitative estimate of drug-likeness (QED) is 0.640. The molecule has 72 valence electrons. The summed E-state index contributed by atoms with van der Waals surface area (Å²) in [6.45, 7) is 0. The van der Waals surface area contributed by atoms with E-state index >= 15 is 0 Å². The molecule has 0 aliphatic heterocycles. The van der Waals surface area contributed by atoms with Gasteiger partial charge < -0.3 is 30.3 Å². The van der Waals surface area contributed by atoms with Gasteiger partial charge in [-0.15, -0.1) is 11.6 Å². The Labute approximate surface area is 107 Å². The number of hydrogen-bond acceptors (Lipinski definition) is 0. The Kier molecular flexibility index (Phi) is 7.65. The third-order valence-corrected chi connectivity index (χ3v) is 2.02. The molecule has 0 fully saturated rings. The van der Waals surface area contributed by atoms with Crippen LogP contribution in [0.5, 0.6) is 0 Å². The summed E-state index contributed by atoms with van der Waals surface area (Å²) in [5.74, 6) is 0. The van der Waals surface area contributed by atoms with Gasteiger partial charge in [0.15, 0.2) is 0 Å². The Morgan fingerprint density at radius 1 is 1.08 bits per heavy atom. The number of hydrogen-bond donors (Lipinski definition) is 0. The molecule has 0 radical (unpaired) electrons. The van der Waals surface area contributed by atoms with Gasteiger partial charge in [-0.1, -0.05) is 10.0 Å². The van der Waals surface area contributed by atoms with Gasteiger partial charge in [0.2, 0.25) is 0 Å². The Morgan fingerprint density at radius 2 is 1.54 bits per heavy atom. The van der Waals surface area contributed by atoms with Crippen molar-refractivity contribution < 1.29 is 26.2 Å². The van der Waals surface area contributed by atoms with Gasteiger partial charge in [0.25, 0.3) is 0 Å². The molecule has 0 nitrogen and oxygen atoms in total. The van der Waals surface area contributed by atoms with Gasteiger partial charge in [-0.05, 0) is 0 Å². The van der Waals surface area contributed by atoms with Gasteiger partial charge in [0.05, 0.1) is 0 Å². The Hall–Kier alpha value is 0.163. The van der Waals surface area contributed by atoms with Crippen molar-refractivity contribution in [1.29, 1.82) is 0 Å². The van der Waals surface area contributed by atoms with Crippen LogP contribution in [0.1, 0.15) is 0 Å². The molecule has 0 bridgehead atoms. The molecule has 0 saturated heterocycles. The van der Waals surface area contributed by atoms with E-state index in [0.717, 1.165) is 0 Å². The molecule has 0 heterocycles. The SMILES string of the molecule is Clc1ccc[c-]1Cl.[Zr].[cH-]1[cH-][cH-][cH-][cH-]1. The summed E-state index contributed by atoms with van der Waals surface area (Å²) in [5.41, 5.74) is 0. The van der Waals surface area contributed by atoms with Crippen LogP contribution < -0.4 is 0 Å². The van der Waals surface area contributed by atoms with Crippen LogP contribution in [0.4, 0.5) is 0 Å². The molecule has 0 aliphatic rings. The van der Waals surface area contributed by atoms with E-state index in [1.54, 1.807) is 12.1 Å². The molecular formula is C10H8Cl2Zr-6.